The van der Waals surface area contributed by atoms with Crippen LogP contribution in [0.25, 0.3) is 0 Å². The molecule has 10 heteroatoms. The second kappa shape index (κ2) is 12.7. The Morgan fingerprint density at radius 1 is 0.550 bits per heavy atom. The third-order valence-corrected chi connectivity index (χ3v) is 15.6. The van der Waals surface area contributed by atoms with E-state index in [0.29, 0.717) is 61.4 Å². The van der Waals surface area contributed by atoms with Gasteiger partial charge in [-0.15, -0.1) is 0 Å². The summed E-state index contributed by atoms with van der Waals surface area (Å²) in [4.78, 5) is 64.6. The molecular weight excluding hydrogens is 753 g/mol. The summed E-state index contributed by atoms with van der Waals surface area (Å²) in [5, 5.41) is 6.35. The maximum absolute atomic E-state index is 15.5. The number of rotatable bonds is 4. The molecule has 11 rings (SSSR count). The zero-order valence-electron chi connectivity index (χ0n) is 34.1. The van der Waals surface area contributed by atoms with Gasteiger partial charge < -0.3 is 20.1 Å². The van der Waals surface area contributed by atoms with E-state index in [4.69, 9.17) is 9.47 Å². The maximum Gasteiger partial charge on any atom is 0.250 e. The molecule has 2 amide bonds. The van der Waals surface area contributed by atoms with E-state index in [1.165, 1.54) is 0 Å². The minimum absolute atomic E-state index is 0.0380. The lowest BCUT2D eigenvalue weighted by molar-refractivity contribution is -0.131. The molecule has 4 aliphatic heterocycles. The Bertz CT molecular complexity index is 2530. The van der Waals surface area contributed by atoms with Crippen molar-refractivity contribution in [3.05, 3.63) is 154 Å². The number of likely N-dealkylation sites (N-methyl/N-ethyl adjacent to an activating group) is 2. The number of likely N-dealkylation sites (tertiary alicyclic amines) is 2. The highest BCUT2D eigenvalue weighted by Crippen LogP contribution is 2.68. The van der Waals surface area contributed by atoms with Gasteiger partial charge in [0.15, 0.2) is 11.6 Å². The van der Waals surface area contributed by atoms with Gasteiger partial charge in [0, 0.05) is 58.6 Å². The van der Waals surface area contributed by atoms with Crippen molar-refractivity contribution in [1.29, 1.82) is 0 Å². The van der Waals surface area contributed by atoms with Gasteiger partial charge in [0.25, 0.3) is 11.8 Å². The minimum atomic E-state index is -1.24. The lowest BCUT2D eigenvalue weighted by Crippen LogP contribution is -2.60. The molecule has 0 bridgehead atoms. The second-order valence-electron chi connectivity index (χ2n) is 17.6. The van der Waals surface area contributed by atoms with E-state index in [9.17, 15) is 9.59 Å². The van der Waals surface area contributed by atoms with Crippen molar-refractivity contribution >= 4 is 34.8 Å². The number of nitrogens with zero attached hydrogens (tertiary/aromatic N) is 2. The third-order valence-electron chi connectivity index (χ3n) is 15.6. The summed E-state index contributed by atoms with van der Waals surface area (Å²) in [5.41, 5.74) is 3.40. The number of Topliss-reactive ketones (excluding diaryl/α,β-unsaturated/α-hetero) is 2. The molecule has 0 unspecified atom stereocenters. The summed E-state index contributed by atoms with van der Waals surface area (Å²) < 4.78 is 11.1. The molecule has 2 aliphatic carbocycles. The Morgan fingerprint density at radius 3 is 1.35 bits per heavy atom. The number of carbonyl (C=O) groups is 4. The number of anilines is 2. The largest absolute Gasteiger partial charge is 0.497 e. The van der Waals surface area contributed by atoms with Crippen molar-refractivity contribution in [2.45, 2.75) is 48.6 Å². The quantitative estimate of drug-likeness (QED) is 0.198. The number of hydrogen-bond donors (Lipinski definition) is 2. The van der Waals surface area contributed by atoms with Crippen molar-refractivity contribution in [2.24, 2.45) is 10.8 Å². The van der Waals surface area contributed by atoms with Crippen molar-refractivity contribution in [3.8, 4) is 11.5 Å². The van der Waals surface area contributed by atoms with Gasteiger partial charge >= 0.3 is 0 Å². The molecule has 5 aromatic carbocycles. The van der Waals surface area contributed by atoms with Gasteiger partial charge in [0.1, 0.15) is 22.6 Å². The topological polar surface area (TPSA) is 117 Å². The van der Waals surface area contributed by atoms with Crippen LogP contribution in [0.15, 0.2) is 109 Å². The van der Waals surface area contributed by atoms with Crippen molar-refractivity contribution < 1.29 is 28.7 Å². The van der Waals surface area contributed by atoms with Gasteiger partial charge in [0.05, 0.1) is 25.0 Å². The summed E-state index contributed by atoms with van der Waals surface area (Å²) in [5.74, 6) is 0.278. The fourth-order valence-corrected chi connectivity index (χ4v) is 13.2. The number of methoxy groups -OCH3 is 2. The smallest absolute Gasteiger partial charge is 0.250 e. The zero-order chi connectivity index (χ0) is 41.3. The van der Waals surface area contributed by atoms with Crippen LogP contribution in [0.2, 0.25) is 0 Å². The first kappa shape index (κ1) is 36.9. The number of para-hydroxylation sites is 2. The summed E-state index contributed by atoms with van der Waals surface area (Å²) in [6.45, 7) is 0.959. The number of hydrogen-bond acceptors (Lipinski definition) is 8. The minimum Gasteiger partial charge on any atom is -0.497 e. The van der Waals surface area contributed by atoms with Crippen LogP contribution in [0.4, 0.5) is 11.4 Å². The SMILES string of the molecule is COc1ccc2c(c1)CC[C@]1(C2=O)[C@H](c2ccc([C@H]3CN(C)[C@@]4(C(=O)Nc5ccccc54)[C@@]34CCc3cc(OC)ccc3C4=O)cc2)CN(C)[C@]12C(=O)Nc1ccccc12. The van der Waals surface area contributed by atoms with Crippen LogP contribution in [0, 0.1) is 10.8 Å². The molecule has 2 saturated heterocycles. The lowest BCUT2D eigenvalue weighted by atomic mass is 9.53. The molecule has 4 spiro atoms. The van der Waals surface area contributed by atoms with E-state index in [0.717, 1.165) is 44.8 Å². The molecule has 6 aliphatic rings. The normalized spacial score (nSPS) is 30.1. The molecule has 2 fully saturated rings. The molecule has 0 saturated carbocycles. The fraction of sp³-hybridized carbons (Fsp3) is 0.320. The molecule has 302 valence electrons. The van der Waals surface area contributed by atoms with E-state index in [1.54, 1.807) is 14.2 Å². The predicted molar refractivity (Wildman–Crippen MR) is 227 cm³/mol. The summed E-state index contributed by atoms with van der Waals surface area (Å²) >= 11 is 0. The number of amides is 2. The Labute approximate surface area is 348 Å². The molecule has 2 N–H and O–H groups in total. The lowest BCUT2D eigenvalue weighted by Gasteiger charge is -2.48. The van der Waals surface area contributed by atoms with E-state index in [2.05, 4.69) is 44.7 Å². The van der Waals surface area contributed by atoms with E-state index >= 15 is 9.59 Å². The van der Waals surface area contributed by atoms with Crippen LogP contribution < -0.4 is 20.1 Å². The molecular formula is C50H46N4O6. The summed E-state index contributed by atoms with van der Waals surface area (Å²) in [6.07, 6.45) is 2.15. The third kappa shape index (κ3) is 4.25. The number of benzene rings is 5. The average molecular weight is 799 g/mol. The predicted octanol–water partition coefficient (Wildman–Crippen LogP) is 7.09. The van der Waals surface area contributed by atoms with Crippen LogP contribution in [0.1, 0.15) is 78.8 Å². The first-order chi connectivity index (χ1) is 29.1. The molecule has 5 aromatic rings. The van der Waals surface area contributed by atoms with Crippen molar-refractivity contribution in [3.63, 3.8) is 0 Å². The Hall–Kier alpha value is -6.10. The first-order valence-corrected chi connectivity index (χ1v) is 20.9. The summed E-state index contributed by atoms with van der Waals surface area (Å²) in [6, 6.07) is 35.3. The summed E-state index contributed by atoms with van der Waals surface area (Å²) in [7, 11) is 7.19. The van der Waals surface area contributed by atoms with Gasteiger partial charge in [-0.1, -0.05) is 60.7 Å². The Kier molecular flexibility index (Phi) is 7.82. The molecule has 10 nitrogen and oxygen atoms in total. The van der Waals surface area contributed by atoms with Crippen LogP contribution in [-0.2, 0) is 33.5 Å². The molecule has 60 heavy (non-hydrogen) atoms. The number of ketones is 2. The van der Waals surface area contributed by atoms with E-state index in [1.807, 2.05) is 99.0 Å². The van der Waals surface area contributed by atoms with Crippen LogP contribution >= 0.6 is 0 Å². The Morgan fingerprint density at radius 2 is 0.950 bits per heavy atom. The number of aryl methyl sites for hydroxylation is 2. The van der Waals surface area contributed by atoms with Gasteiger partial charge in [-0.2, -0.15) is 0 Å². The van der Waals surface area contributed by atoms with Crippen molar-refractivity contribution in [1.82, 2.24) is 9.80 Å². The van der Waals surface area contributed by atoms with Crippen LogP contribution in [0.5, 0.6) is 11.5 Å². The Balaban J connectivity index is 1.06. The van der Waals surface area contributed by atoms with Crippen LogP contribution in [-0.4, -0.2) is 74.6 Å². The monoisotopic (exact) mass is 798 g/mol. The number of ether oxygens (including phenoxy) is 2. The van der Waals surface area contributed by atoms with Crippen LogP contribution in [0.3, 0.4) is 0 Å². The van der Waals surface area contributed by atoms with Crippen molar-refractivity contribution in [2.75, 3.05) is 52.0 Å². The highest BCUT2D eigenvalue weighted by Gasteiger charge is 2.75. The maximum atomic E-state index is 15.5. The fourth-order valence-electron chi connectivity index (χ4n) is 13.2. The van der Waals surface area contributed by atoms with Gasteiger partial charge in [-0.3, -0.25) is 29.0 Å². The molecule has 6 atom stereocenters. The molecule has 0 radical (unpaired) electrons. The standard InChI is InChI=1S/C50H46N4O6/c1-53-27-39(47(49(53)37-9-5-7-11-41(37)51-45(49)57)23-21-31-25-33(59-3)17-19-35(31)43(47)55)29-13-15-30(16-14-29)40-28-54(2)50(38-10-6-8-12-42(38)52-46(50)58)48(40)24-22-32-26-34(60-4)18-20-36(32)44(48)56/h5-20,25-26,39-40H,21-24,27-28H2,1-4H3,(H,51,57)(H,52,58)/t39-,40+,47+,48-,49+,50-. The highest BCUT2D eigenvalue weighted by molar-refractivity contribution is 6.16. The molecule has 0 aromatic heterocycles. The van der Waals surface area contributed by atoms with Gasteiger partial charge in [-0.05, 0) is 111 Å². The van der Waals surface area contributed by atoms with E-state index < -0.39 is 21.9 Å². The first-order valence-electron chi connectivity index (χ1n) is 20.9. The van der Waals surface area contributed by atoms with Gasteiger partial charge in [-0.25, -0.2) is 0 Å². The van der Waals surface area contributed by atoms with Gasteiger partial charge in [0.2, 0.25) is 0 Å². The average Bonchev–Trinajstić information content (AvgIpc) is 3.93. The number of fused-ring (bicyclic) bond motifs is 8. The zero-order valence-corrected chi connectivity index (χ0v) is 34.1. The number of nitrogens with one attached hydrogen (secondary N) is 2. The number of carbonyl (C=O) groups excluding carboxylic acids is 4. The molecule has 4 heterocycles. The van der Waals surface area contributed by atoms with E-state index in [-0.39, 0.29) is 35.2 Å². The highest BCUT2D eigenvalue weighted by atomic mass is 16.5. The second-order valence-corrected chi connectivity index (χ2v) is 17.6.